The van der Waals surface area contributed by atoms with Gasteiger partial charge in [-0.15, -0.1) is 10.2 Å². The molecule has 0 fully saturated rings. The van der Waals surface area contributed by atoms with Gasteiger partial charge in [-0.3, -0.25) is 9.36 Å². The van der Waals surface area contributed by atoms with Crippen molar-refractivity contribution in [1.29, 1.82) is 0 Å². The van der Waals surface area contributed by atoms with Crippen molar-refractivity contribution in [2.24, 2.45) is 0 Å². The number of aromatic nitrogens is 4. The van der Waals surface area contributed by atoms with E-state index < -0.39 is 6.04 Å². The lowest BCUT2D eigenvalue weighted by Gasteiger charge is -2.18. The molecule has 160 valence electrons. The van der Waals surface area contributed by atoms with E-state index in [0.29, 0.717) is 16.7 Å². The highest BCUT2D eigenvalue weighted by Gasteiger charge is 2.25. The molecular weight excluding hydrogens is 428 g/mol. The van der Waals surface area contributed by atoms with Gasteiger partial charge in [0.05, 0.1) is 10.2 Å². The molecule has 0 spiro atoms. The van der Waals surface area contributed by atoms with Gasteiger partial charge in [0.25, 0.3) is 0 Å². The van der Waals surface area contributed by atoms with Crippen molar-refractivity contribution < 1.29 is 4.79 Å². The molecule has 0 aliphatic carbocycles. The number of fused-ring (bicyclic) bond motifs is 1. The Balaban J connectivity index is 1.48. The highest BCUT2D eigenvalue weighted by molar-refractivity contribution is 7.99. The summed E-state index contributed by atoms with van der Waals surface area (Å²) in [6.45, 7) is 3.99. The lowest BCUT2D eigenvalue weighted by Crippen LogP contribution is -2.27. The summed E-state index contributed by atoms with van der Waals surface area (Å²) in [5, 5.41) is 12.4. The van der Waals surface area contributed by atoms with Crippen LogP contribution in [0.15, 0.2) is 53.7 Å². The molecule has 0 bridgehead atoms. The van der Waals surface area contributed by atoms with E-state index in [9.17, 15) is 4.79 Å². The summed E-state index contributed by atoms with van der Waals surface area (Å²) in [6.07, 6.45) is 1.46. The van der Waals surface area contributed by atoms with E-state index >= 15 is 0 Å². The van der Waals surface area contributed by atoms with E-state index in [-0.39, 0.29) is 11.9 Å². The zero-order valence-electron chi connectivity index (χ0n) is 17.4. The zero-order chi connectivity index (χ0) is 21.8. The first-order chi connectivity index (χ1) is 15.0. The molecule has 7 nitrogen and oxygen atoms in total. The second-order valence-corrected chi connectivity index (χ2v) is 9.29. The van der Waals surface area contributed by atoms with Crippen molar-refractivity contribution in [3.63, 3.8) is 0 Å². The number of thioether (sulfide) groups is 1. The third-order valence-corrected chi connectivity index (χ3v) is 6.81. The van der Waals surface area contributed by atoms with E-state index in [0.717, 1.165) is 28.0 Å². The van der Waals surface area contributed by atoms with Gasteiger partial charge in [0.15, 0.2) is 10.3 Å². The number of thiazole rings is 1. The second kappa shape index (κ2) is 9.49. The van der Waals surface area contributed by atoms with Gasteiger partial charge in [-0.2, -0.15) is 0 Å². The molecule has 4 aromatic rings. The molecule has 1 unspecified atom stereocenters. The lowest BCUT2D eigenvalue weighted by molar-refractivity contribution is -0.119. The molecule has 1 atom stereocenters. The number of aryl methyl sites for hydroxylation is 2. The molecule has 9 heteroatoms. The Bertz CT molecular complexity index is 1190. The molecule has 1 amide bonds. The number of nitrogens with one attached hydrogen (secondary N) is 1. The minimum absolute atomic E-state index is 0.172. The molecule has 4 rings (SSSR count). The highest BCUT2D eigenvalue weighted by Crippen LogP contribution is 2.30. The van der Waals surface area contributed by atoms with Crippen LogP contribution in [0.2, 0.25) is 0 Å². The van der Waals surface area contributed by atoms with Crippen LogP contribution in [0.1, 0.15) is 30.5 Å². The van der Waals surface area contributed by atoms with Crippen molar-refractivity contribution >= 4 is 50.3 Å². The highest BCUT2D eigenvalue weighted by atomic mass is 32.2. The quantitative estimate of drug-likeness (QED) is 0.376. The first kappa shape index (κ1) is 21.3. The molecule has 2 aromatic carbocycles. The van der Waals surface area contributed by atoms with Crippen LogP contribution in [0.4, 0.5) is 11.1 Å². The van der Waals surface area contributed by atoms with Crippen LogP contribution in [0.25, 0.3) is 10.2 Å². The summed E-state index contributed by atoms with van der Waals surface area (Å²) >= 11 is 3.02. The van der Waals surface area contributed by atoms with Crippen molar-refractivity contribution in [3.8, 4) is 0 Å². The number of anilines is 2. The van der Waals surface area contributed by atoms with E-state index in [1.165, 1.54) is 16.9 Å². The van der Waals surface area contributed by atoms with Gasteiger partial charge in [0.2, 0.25) is 11.9 Å². The van der Waals surface area contributed by atoms with Crippen molar-refractivity contribution in [2.75, 3.05) is 16.8 Å². The second-order valence-electron chi connectivity index (χ2n) is 7.20. The lowest BCUT2D eigenvalue weighted by atomic mass is 10.2. The van der Waals surface area contributed by atoms with Gasteiger partial charge < -0.3 is 11.1 Å². The number of nitrogens with two attached hydrogens (primary N) is 1. The predicted octanol–water partition coefficient (Wildman–Crippen LogP) is 4.70. The fourth-order valence-electron chi connectivity index (χ4n) is 3.34. The van der Waals surface area contributed by atoms with Crippen LogP contribution in [0, 0.1) is 6.92 Å². The third kappa shape index (κ3) is 4.88. The first-order valence-electron chi connectivity index (χ1n) is 10.1. The first-order valence-corrected chi connectivity index (χ1v) is 11.9. The molecule has 2 aromatic heterocycles. The van der Waals surface area contributed by atoms with Gasteiger partial charge in [-0.1, -0.05) is 66.4 Å². The van der Waals surface area contributed by atoms with E-state index in [2.05, 4.69) is 38.7 Å². The SMILES string of the molecule is CCC(C(=O)Nc1nc2ccc(C)cc2s1)n1c(N)nnc1SCCc1ccccc1. The zero-order valence-corrected chi connectivity index (χ0v) is 19.0. The van der Waals surface area contributed by atoms with Gasteiger partial charge in [-0.05, 0) is 43.0 Å². The smallest absolute Gasteiger partial charge is 0.249 e. The summed E-state index contributed by atoms with van der Waals surface area (Å²) in [4.78, 5) is 17.6. The van der Waals surface area contributed by atoms with Crippen LogP contribution in [-0.2, 0) is 11.2 Å². The summed E-state index contributed by atoms with van der Waals surface area (Å²) in [5.74, 6) is 0.885. The largest absolute Gasteiger partial charge is 0.368 e. The van der Waals surface area contributed by atoms with Gasteiger partial charge in [0.1, 0.15) is 6.04 Å². The molecule has 31 heavy (non-hydrogen) atoms. The molecule has 0 aliphatic heterocycles. The molecule has 0 aliphatic rings. The molecule has 0 saturated carbocycles. The van der Waals surface area contributed by atoms with E-state index in [1.807, 2.05) is 44.2 Å². The molecule has 2 heterocycles. The molecule has 0 saturated heterocycles. The summed E-state index contributed by atoms with van der Waals surface area (Å²) in [6, 6.07) is 15.8. The summed E-state index contributed by atoms with van der Waals surface area (Å²) < 4.78 is 2.77. The Hall–Kier alpha value is -2.91. The normalized spacial score (nSPS) is 12.2. The standard InChI is InChI=1S/C22H24N6OS2/c1-3-17(19(29)25-21-24-16-10-9-14(2)13-18(16)31-21)28-20(23)26-27-22(28)30-12-11-15-7-5-4-6-8-15/h4-10,13,17H,3,11-12H2,1-2H3,(H2,23,26)(H,24,25,29). The average Bonchev–Trinajstić information content (AvgIpc) is 3.32. The number of carbonyl (C=O) groups excluding carboxylic acids is 1. The monoisotopic (exact) mass is 452 g/mol. The number of benzene rings is 2. The van der Waals surface area contributed by atoms with Gasteiger partial charge in [-0.25, -0.2) is 4.98 Å². The molecule has 3 N–H and O–H groups in total. The maximum atomic E-state index is 13.1. The number of nitrogen functional groups attached to an aromatic ring is 1. The Morgan fingerprint density at radius 2 is 2.03 bits per heavy atom. The van der Waals surface area contributed by atoms with Gasteiger partial charge >= 0.3 is 0 Å². The Kier molecular flexibility index (Phi) is 6.53. The summed E-state index contributed by atoms with van der Waals surface area (Å²) in [7, 11) is 0. The van der Waals surface area contributed by atoms with Gasteiger partial charge in [0, 0.05) is 5.75 Å². The average molecular weight is 453 g/mol. The topological polar surface area (TPSA) is 98.7 Å². The fourth-order valence-corrected chi connectivity index (χ4v) is 5.29. The van der Waals surface area contributed by atoms with Crippen molar-refractivity contribution in [1.82, 2.24) is 19.7 Å². The van der Waals surface area contributed by atoms with Crippen LogP contribution in [0.3, 0.4) is 0 Å². The predicted molar refractivity (Wildman–Crippen MR) is 128 cm³/mol. The number of amides is 1. The van der Waals surface area contributed by atoms with Crippen LogP contribution in [0.5, 0.6) is 0 Å². The number of hydrogen-bond donors (Lipinski definition) is 2. The van der Waals surface area contributed by atoms with E-state index in [1.54, 1.807) is 16.3 Å². The Morgan fingerprint density at radius 3 is 2.81 bits per heavy atom. The van der Waals surface area contributed by atoms with Crippen LogP contribution >= 0.6 is 23.1 Å². The molecular formula is C22H24N6OS2. The van der Waals surface area contributed by atoms with Crippen LogP contribution < -0.4 is 11.1 Å². The van der Waals surface area contributed by atoms with Crippen LogP contribution in [-0.4, -0.2) is 31.4 Å². The minimum Gasteiger partial charge on any atom is -0.368 e. The van der Waals surface area contributed by atoms with E-state index in [4.69, 9.17) is 5.73 Å². The third-order valence-electron chi connectivity index (χ3n) is 4.93. The Labute approximate surface area is 189 Å². The van der Waals surface area contributed by atoms with Crippen molar-refractivity contribution in [2.45, 2.75) is 37.9 Å². The maximum absolute atomic E-state index is 13.1. The maximum Gasteiger partial charge on any atom is 0.249 e. The number of hydrogen-bond acceptors (Lipinski definition) is 7. The fraction of sp³-hybridized carbons (Fsp3) is 0.273. The number of rotatable bonds is 8. The number of nitrogens with zero attached hydrogens (tertiary/aromatic N) is 4. The number of carbonyl (C=O) groups is 1. The minimum atomic E-state index is -0.511. The molecule has 0 radical (unpaired) electrons. The Morgan fingerprint density at radius 1 is 1.23 bits per heavy atom. The summed E-state index contributed by atoms with van der Waals surface area (Å²) in [5.41, 5.74) is 9.38. The van der Waals surface area contributed by atoms with Crippen molar-refractivity contribution in [3.05, 3.63) is 59.7 Å².